The molecule has 6 heteroatoms. The van der Waals surface area contributed by atoms with Crippen molar-refractivity contribution in [3.8, 4) is 0 Å². The van der Waals surface area contributed by atoms with Gasteiger partial charge in [0, 0.05) is 18.3 Å². The lowest BCUT2D eigenvalue weighted by molar-refractivity contribution is 0.0774. The molecular formula is C11H16N2O3S. The van der Waals surface area contributed by atoms with Gasteiger partial charge in [-0.15, -0.1) is 0 Å². The average Bonchev–Trinajstić information content (AvgIpc) is 2.30. The summed E-state index contributed by atoms with van der Waals surface area (Å²) in [6.45, 7) is 1.15. The summed E-state index contributed by atoms with van der Waals surface area (Å²) in [6, 6.07) is 6.02. The van der Waals surface area contributed by atoms with Crippen LogP contribution < -0.4 is 10.5 Å². The molecule has 0 amide bonds. The number of hydrogen-bond donors (Lipinski definition) is 2. The number of nitrogen functional groups attached to an aromatic ring is 1. The second-order valence-corrected chi connectivity index (χ2v) is 5.82. The molecule has 1 atom stereocenters. The maximum absolute atomic E-state index is 12.0. The van der Waals surface area contributed by atoms with E-state index in [1.165, 1.54) is 12.1 Å². The molecule has 2 rings (SSSR count). The Morgan fingerprint density at radius 1 is 1.29 bits per heavy atom. The molecule has 1 aromatic rings. The maximum Gasteiger partial charge on any atom is 0.240 e. The molecule has 17 heavy (non-hydrogen) atoms. The fourth-order valence-electron chi connectivity index (χ4n) is 1.77. The summed E-state index contributed by atoms with van der Waals surface area (Å²) < 4.78 is 31.9. The summed E-state index contributed by atoms with van der Waals surface area (Å²) in [5.74, 6) is 0. The second-order valence-electron chi connectivity index (χ2n) is 4.10. The highest BCUT2D eigenvalue weighted by Crippen LogP contribution is 2.14. The first-order valence-electron chi connectivity index (χ1n) is 5.53. The number of sulfonamides is 1. The first kappa shape index (κ1) is 12.3. The molecule has 1 aliphatic heterocycles. The summed E-state index contributed by atoms with van der Waals surface area (Å²) >= 11 is 0. The Kier molecular flexibility index (Phi) is 3.66. The van der Waals surface area contributed by atoms with Gasteiger partial charge in [-0.25, -0.2) is 13.1 Å². The van der Waals surface area contributed by atoms with E-state index >= 15 is 0 Å². The van der Waals surface area contributed by atoms with Crippen LogP contribution in [0.5, 0.6) is 0 Å². The van der Waals surface area contributed by atoms with Gasteiger partial charge in [-0.2, -0.15) is 0 Å². The minimum atomic E-state index is -3.46. The highest BCUT2D eigenvalue weighted by Gasteiger charge is 2.21. The van der Waals surface area contributed by atoms with E-state index in [-0.39, 0.29) is 10.9 Å². The van der Waals surface area contributed by atoms with Crippen LogP contribution in [0.25, 0.3) is 0 Å². The largest absolute Gasteiger partial charge is 0.399 e. The highest BCUT2D eigenvalue weighted by molar-refractivity contribution is 7.89. The minimum Gasteiger partial charge on any atom is -0.399 e. The van der Waals surface area contributed by atoms with Crippen molar-refractivity contribution in [1.82, 2.24) is 4.72 Å². The van der Waals surface area contributed by atoms with Gasteiger partial charge in [0.05, 0.1) is 11.5 Å². The van der Waals surface area contributed by atoms with E-state index in [2.05, 4.69) is 4.72 Å². The van der Waals surface area contributed by atoms with Crippen molar-refractivity contribution in [3.05, 3.63) is 24.3 Å². The first-order valence-corrected chi connectivity index (χ1v) is 7.02. The third kappa shape index (κ3) is 3.18. The Hall–Kier alpha value is -1.11. The number of hydrogen-bond acceptors (Lipinski definition) is 4. The molecule has 1 unspecified atom stereocenters. The van der Waals surface area contributed by atoms with Crippen LogP contribution in [0.4, 0.5) is 5.69 Å². The number of nitrogens with two attached hydrogens (primary N) is 1. The smallest absolute Gasteiger partial charge is 0.240 e. The molecule has 0 aromatic heterocycles. The summed E-state index contributed by atoms with van der Waals surface area (Å²) in [6.07, 6.45) is 1.70. The number of rotatable bonds is 3. The van der Waals surface area contributed by atoms with Crippen molar-refractivity contribution < 1.29 is 13.2 Å². The van der Waals surface area contributed by atoms with Crippen LogP contribution in [0.1, 0.15) is 12.8 Å². The Labute approximate surface area is 101 Å². The molecule has 0 aliphatic carbocycles. The van der Waals surface area contributed by atoms with E-state index in [1.807, 2.05) is 0 Å². The van der Waals surface area contributed by atoms with Crippen molar-refractivity contribution in [1.29, 1.82) is 0 Å². The Balaban J connectivity index is 2.10. The molecule has 3 N–H and O–H groups in total. The molecule has 1 heterocycles. The van der Waals surface area contributed by atoms with Gasteiger partial charge >= 0.3 is 0 Å². The number of ether oxygens (including phenoxy) is 1. The topological polar surface area (TPSA) is 81.4 Å². The zero-order valence-corrected chi connectivity index (χ0v) is 10.2. The van der Waals surface area contributed by atoms with Gasteiger partial charge in [0.15, 0.2) is 0 Å². The predicted molar refractivity (Wildman–Crippen MR) is 65.0 cm³/mol. The predicted octanol–water partition coefficient (Wildman–Crippen LogP) is 0.726. The molecule has 1 aliphatic rings. The fourth-order valence-corrected chi connectivity index (χ4v) is 3.02. The van der Waals surface area contributed by atoms with Crippen LogP contribution >= 0.6 is 0 Å². The van der Waals surface area contributed by atoms with Crippen molar-refractivity contribution in [2.45, 2.75) is 23.8 Å². The summed E-state index contributed by atoms with van der Waals surface area (Å²) in [5, 5.41) is 0. The van der Waals surface area contributed by atoms with Gasteiger partial charge in [-0.3, -0.25) is 0 Å². The SMILES string of the molecule is Nc1ccc(S(=O)(=O)NC2CCCOC2)cc1. The van der Waals surface area contributed by atoms with Crippen LogP contribution in [-0.4, -0.2) is 27.7 Å². The molecule has 0 radical (unpaired) electrons. The van der Waals surface area contributed by atoms with Gasteiger partial charge in [0.1, 0.15) is 0 Å². The van der Waals surface area contributed by atoms with Crippen LogP contribution in [-0.2, 0) is 14.8 Å². The van der Waals surface area contributed by atoms with Crippen molar-refractivity contribution >= 4 is 15.7 Å². The normalized spacial score (nSPS) is 21.3. The lowest BCUT2D eigenvalue weighted by Crippen LogP contribution is -2.40. The Morgan fingerprint density at radius 2 is 2.00 bits per heavy atom. The van der Waals surface area contributed by atoms with Gasteiger partial charge in [0.25, 0.3) is 0 Å². The zero-order valence-electron chi connectivity index (χ0n) is 9.43. The molecular weight excluding hydrogens is 240 g/mol. The van der Waals surface area contributed by atoms with E-state index in [1.54, 1.807) is 12.1 Å². The van der Waals surface area contributed by atoms with Crippen LogP contribution in [0.15, 0.2) is 29.2 Å². The van der Waals surface area contributed by atoms with Crippen molar-refractivity contribution in [2.24, 2.45) is 0 Å². The highest BCUT2D eigenvalue weighted by atomic mass is 32.2. The molecule has 1 fully saturated rings. The molecule has 5 nitrogen and oxygen atoms in total. The number of benzene rings is 1. The van der Waals surface area contributed by atoms with Gasteiger partial charge in [0.2, 0.25) is 10.0 Å². The quantitative estimate of drug-likeness (QED) is 0.781. The van der Waals surface area contributed by atoms with E-state index < -0.39 is 10.0 Å². The first-order chi connectivity index (χ1) is 8.08. The lowest BCUT2D eigenvalue weighted by Gasteiger charge is -2.22. The molecule has 0 saturated carbocycles. The third-order valence-electron chi connectivity index (χ3n) is 2.67. The molecule has 94 valence electrons. The monoisotopic (exact) mass is 256 g/mol. The Bertz CT molecular complexity index is 464. The van der Waals surface area contributed by atoms with E-state index in [9.17, 15) is 8.42 Å². The van der Waals surface area contributed by atoms with Gasteiger partial charge < -0.3 is 10.5 Å². The summed E-state index contributed by atoms with van der Waals surface area (Å²) in [4.78, 5) is 0.234. The van der Waals surface area contributed by atoms with Crippen LogP contribution in [0.2, 0.25) is 0 Å². The van der Waals surface area contributed by atoms with Crippen LogP contribution in [0, 0.1) is 0 Å². The van der Waals surface area contributed by atoms with E-state index in [0.717, 1.165) is 12.8 Å². The number of anilines is 1. The molecule has 1 aromatic carbocycles. The fraction of sp³-hybridized carbons (Fsp3) is 0.455. The van der Waals surface area contributed by atoms with Crippen LogP contribution in [0.3, 0.4) is 0 Å². The minimum absolute atomic E-state index is 0.133. The Morgan fingerprint density at radius 3 is 2.59 bits per heavy atom. The summed E-state index contributed by atoms with van der Waals surface area (Å²) in [5.41, 5.74) is 6.07. The second kappa shape index (κ2) is 5.03. The molecule has 0 bridgehead atoms. The lowest BCUT2D eigenvalue weighted by atomic mass is 10.1. The number of nitrogens with one attached hydrogen (secondary N) is 1. The third-order valence-corrected chi connectivity index (χ3v) is 4.21. The van der Waals surface area contributed by atoms with E-state index in [0.29, 0.717) is 18.9 Å². The average molecular weight is 256 g/mol. The summed E-state index contributed by atoms with van der Waals surface area (Å²) in [7, 11) is -3.46. The van der Waals surface area contributed by atoms with Gasteiger partial charge in [-0.1, -0.05) is 0 Å². The standard InChI is InChI=1S/C11H16N2O3S/c12-9-3-5-11(6-4-9)17(14,15)13-10-2-1-7-16-8-10/h3-6,10,13H,1-2,7-8,12H2. The van der Waals surface area contributed by atoms with E-state index in [4.69, 9.17) is 10.5 Å². The zero-order chi connectivity index (χ0) is 12.3. The van der Waals surface area contributed by atoms with Crippen molar-refractivity contribution in [3.63, 3.8) is 0 Å². The molecule has 1 saturated heterocycles. The maximum atomic E-state index is 12.0. The van der Waals surface area contributed by atoms with Gasteiger partial charge in [-0.05, 0) is 37.1 Å². The van der Waals surface area contributed by atoms with Crippen molar-refractivity contribution in [2.75, 3.05) is 18.9 Å². The molecule has 0 spiro atoms.